The Morgan fingerprint density at radius 1 is 0.727 bits per heavy atom. The van der Waals surface area contributed by atoms with Gasteiger partial charge in [-0.25, -0.2) is 4.79 Å². The summed E-state index contributed by atoms with van der Waals surface area (Å²) >= 11 is 0. The summed E-state index contributed by atoms with van der Waals surface area (Å²) in [6.07, 6.45) is 14.8. The number of amides is 2. The largest absolute Gasteiger partial charge is 0.469 e. The molecule has 0 bridgehead atoms. The first-order valence-corrected chi connectivity index (χ1v) is 13.3. The van der Waals surface area contributed by atoms with Gasteiger partial charge in [-0.3, -0.25) is 15.4 Å². The van der Waals surface area contributed by atoms with Crippen LogP contribution in [0.4, 0.5) is 4.79 Å². The molecule has 0 rings (SSSR count). The van der Waals surface area contributed by atoms with Crippen LogP contribution in [0.2, 0.25) is 0 Å². The summed E-state index contributed by atoms with van der Waals surface area (Å²) in [6.45, 7) is 6.65. The van der Waals surface area contributed by atoms with Crippen LogP contribution in [0.25, 0.3) is 0 Å². The van der Waals surface area contributed by atoms with Crippen LogP contribution in [0.1, 0.15) is 104 Å². The fourth-order valence-corrected chi connectivity index (χ4v) is 3.66. The Hall–Kier alpha value is -1.38. The summed E-state index contributed by atoms with van der Waals surface area (Å²) in [4.78, 5) is 23.9. The summed E-state index contributed by atoms with van der Waals surface area (Å²) in [5.74, 6) is -0.674. The Morgan fingerprint density at radius 2 is 1.24 bits per heavy atom. The van der Waals surface area contributed by atoms with Crippen LogP contribution in [0.3, 0.4) is 0 Å². The standard InChI is InChI=1S/C25H52N4O4/c1-4-6-8-10-12-14-18-26-24(31)28-20-16-17-22(23(30)33-3)21-29-25(32)27-19-15-13-11-9-7-5-2/h22,25,27,29,32H,4-21H2,1-3H3,(H2,26,28,31). The molecule has 196 valence electrons. The molecule has 2 amide bonds. The van der Waals surface area contributed by atoms with Gasteiger partial charge in [0.2, 0.25) is 0 Å². The predicted molar refractivity (Wildman–Crippen MR) is 135 cm³/mol. The van der Waals surface area contributed by atoms with Gasteiger partial charge in [0.25, 0.3) is 0 Å². The molecule has 0 aliphatic heterocycles. The van der Waals surface area contributed by atoms with Crippen molar-refractivity contribution in [2.45, 2.75) is 110 Å². The van der Waals surface area contributed by atoms with Crippen molar-refractivity contribution in [3.63, 3.8) is 0 Å². The number of hydrogen-bond acceptors (Lipinski definition) is 6. The first kappa shape index (κ1) is 31.6. The Labute approximate surface area is 202 Å². The monoisotopic (exact) mass is 472 g/mol. The molecule has 0 aromatic heterocycles. The minimum atomic E-state index is -0.848. The molecule has 8 heteroatoms. The SMILES string of the molecule is CCCCCCCCNC(=O)NCCCC(CNC(O)NCCCCCCCC)C(=O)OC. The second kappa shape index (κ2) is 23.8. The van der Waals surface area contributed by atoms with Crippen molar-refractivity contribution < 1.29 is 19.4 Å². The van der Waals surface area contributed by atoms with Gasteiger partial charge in [-0.15, -0.1) is 0 Å². The maximum Gasteiger partial charge on any atom is 0.314 e. The maximum absolute atomic E-state index is 12.0. The number of aliphatic hydroxyl groups is 1. The summed E-state index contributed by atoms with van der Waals surface area (Å²) in [7, 11) is 1.37. The topological polar surface area (TPSA) is 112 Å². The first-order valence-electron chi connectivity index (χ1n) is 13.3. The molecular formula is C25H52N4O4. The van der Waals surface area contributed by atoms with Gasteiger partial charge in [-0.2, -0.15) is 0 Å². The van der Waals surface area contributed by atoms with Crippen LogP contribution in [-0.2, 0) is 9.53 Å². The van der Waals surface area contributed by atoms with Gasteiger partial charge in [-0.1, -0.05) is 78.1 Å². The van der Waals surface area contributed by atoms with E-state index in [0.29, 0.717) is 32.5 Å². The highest BCUT2D eigenvalue weighted by Crippen LogP contribution is 2.08. The maximum atomic E-state index is 12.0. The second-order valence-corrected chi connectivity index (χ2v) is 8.85. The number of methoxy groups -OCH3 is 1. The van der Waals surface area contributed by atoms with Crippen LogP contribution in [0, 0.1) is 5.92 Å². The van der Waals surface area contributed by atoms with Gasteiger partial charge in [0.1, 0.15) is 0 Å². The molecule has 5 N–H and O–H groups in total. The highest BCUT2D eigenvalue weighted by atomic mass is 16.5. The molecule has 0 aliphatic carbocycles. The molecular weight excluding hydrogens is 420 g/mol. The van der Waals surface area contributed by atoms with Crippen molar-refractivity contribution in [2.24, 2.45) is 5.92 Å². The smallest absolute Gasteiger partial charge is 0.314 e. The van der Waals surface area contributed by atoms with Crippen LogP contribution >= 0.6 is 0 Å². The Balaban J connectivity index is 3.87. The third-order valence-electron chi connectivity index (χ3n) is 5.79. The Bertz CT molecular complexity index is 466. The van der Waals surface area contributed by atoms with Crippen molar-refractivity contribution in [3.05, 3.63) is 0 Å². The average Bonchev–Trinajstić information content (AvgIpc) is 2.81. The predicted octanol–water partition coefficient (Wildman–Crippen LogP) is 4.03. The number of esters is 1. The van der Waals surface area contributed by atoms with E-state index in [1.807, 2.05) is 0 Å². The van der Waals surface area contributed by atoms with Crippen LogP contribution < -0.4 is 21.3 Å². The number of ether oxygens (including phenoxy) is 1. The van der Waals surface area contributed by atoms with E-state index < -0.39 is 6.35 Å². The lowest BCUT2D eigenvalue weighted by atomic mass is 10.0. The minimum Gasteiger partial charge on any atom is -0.469 e. The van der Waals surface area contributed by atoms with Gasteiger partial charge < -0.3 is 20.5 Å². The molecule has 0 spiro atoms. The van der Waals surface area contributed by atoms with E-state index in [1.54, 1.807) is 0 Å². The van der Waals surface area contributed by atoms with Crippen LogP contribution in [0.15, 0.2) is 0 Å². The fraction of sp³-hybridized carbons (Fsp3) is 0.920. The molecule has 2 unspecified atom stereocenters. The number of rotatable bonds is 23. The lowest BCUT2D eigenvalue weighted by molar-refractivity contribution is -0.145. The zero-order valence-electron chi connectivity index (χ0n) is 21.6. The van der Waals surface area contributed by atoms with E-state index in [-0.39, 0.29) is 17.9 Å². The highest BCUT2D eigenvalue weighted by molar-refractivity contribution is 5.74. The summed E-state index contributed by atoms with van der Waals surface area (Å²) in [5, 5.41) is 21.8. The molecule has 0 heterocycles. The molecule has 2 atom stereocenters. The molecule has 8 nitrogen and oxygen atoms in total. The minimum absolute atomic E-state index is 0.161. The number of nitrogens with one attached hydrogen (secondary N) is 4. The van der Waals surface area contributed by atoms with Crippen molar-refractivity contribution in [1.29, 1.82) is 0 Å². The number of aliphatic hydroxyl groups excluding tert-OH is 1. The normalized spacial score (nSPS) is 12.8. The van der Waals surface area contributed by atoms with E-state index in [4.69, 9.17) is 4.74 Å². The zero-order valence-corrected chi connectivity index (χ0v) is 21.6. The lowest BCUT2D eigenvalue weighted by Crippen LogP contribution is -2.45. The second-order valence-electron chi connectivity index (χ2n) is 8.85. The van der Waals surface area contributed by atoms with E-state index in [0.717, 1.165) is 32.2 Å². The summed E-state index contributed by atoms with van der Waals surface area (Å²) < 4.78 is 4.89. The van der Waals surface area contributed by atoms with Crippen LogP contribution in [0.5, 0.6) is 0 Å². The average molecular weight is 473 g/mol. The molecule has 0 aromatic rings. The van der Waals surface area contributed by atoms with E-state index in [1.165, 1.54) is 58.5 Å². The third kappa shape index (κ3) is 20.9. The fourth-order valence-electron chi connectivity index (χ4n) is 3.66. The summed E-state index contributed by atoms with van der Waals surface area (Å²) in [6, 6.07) is -0.161. The highest BCUT2D eigenvalue weighted by Gasteiger charge is 2.19. The molecule has 0 fully saturated rings. The Kier molecular flexibility index (Phi) is 22.8. The van der Waals surface area contributed by atoms with Crippen molar-refractivity contribution >= 4 is 12.0 Å². The number of unbranched alkanes of at least 4 members (excludes halogenated alkanes) is 10. The van der Waals surface area contributed by atoms with Gasteiger partial charge in [0, 0.05) is 19.6 Å². The lowest BCUT2D eigenvalue weighted by Gasteiger charge is -2.19. The summed E-state index contributed by atoms with van der Waals surface area (Å²) in [5.41, 5.74) is 0. The third-order valence-corrected chi connectivity index (χ3v) is 5.79. The van der Waals surface area contributed by atoms with Gasteiger partial charge >= 0.3 is 12.0 Å². The van der Waals surface area contributed by atoms with Gasteiger partial charge in [0.15, 0.2) is 6.35 Å². The molecule has 0 radical (unpaired) electrons. The quantitative estimate of drug-likeness (QED) is 0.0872. The Morgan fingerprint density at radius 3 is 1.82 bits per heavy atom. The van der Waals surface area contributed by atoms with Crippen LogP contribution in [-0.4, -0.2) is 56.7 Å². The molecule has 33 heavy (non-hydrogen) atoms. The first-order chi connectivity index (χ1) is 16.0. The number of urea groups is 1. The van der Waals surface area contributed by atoms with Crippen molar-refractivity contribution in [2.75, 3.05) is 33.3 Å². The van der Waals surface area contributed by atoms with E-state index >= 15 is 0 Å². The number of hydrogen-bond donors (Lipinski definition) is 5. The zero-order chi connectivity index (χ0) is 24.6. The van der Waals surface area contributed by atoms with Crippen molar-refractivity contribution in [1.82, 2.24) is 21.3 Å². The number of carbonyl (C=O) groups is 2. The van der Waals surface area contributed by atoms with Crippen molar-refractivity contribution in [3.8, 4) is 0 Å². The molecule has 0 saturated heterocycles. The van der Waals surface area contributed by atoms with Gasteiger partial charge in [-0.05, 0) is 32.2 Å². The van der Waals surface area contributed by atoms with E-state index in [2.05, 4.69) is 35.1 Å². The molecule has 0 aromatic carbocycles. The van der Waals surface area contributed by atoms with E-state index in [9.17, 15) is 14.7 Å². The van der Waals surface area contributed by atoms with Gasteiger partial charge in [0.05, 0.1) is 13.0 Å². The molecule has 0 saturated carbocycles. The molecule has 0 aliphatic rings. The number of carbonyl (C=O) groups excluding carboxylic acids is 2.